The Balaban J connectivity index is 1.58. The lowest BCUT2D eigenvalue weighted by Gasteiger charge is -2.10. The van der Waals surface area contributed by atoms with Gasteiger partial charge in [0, 0.05) is 28.0 Å². The molecular weight excluding hydrogens is 426 g/mol. The highest BCUT2D eigenvalue weighted by Crippen LogP contribution is 2.37. The fraction of sp³-hybridized carbons (Fsp3) is 0.0417. The predicted molar refractivity (Wildman–Crippen MR) is 125 cm³/mol. The Hall–Kier alpha value is -4.04. The zero-order valence-electron chi connectivity index (χ0n) is 17.0. The highest BCUT2D eigenvalue weighted by Gasteiger charge is 2.18. The molecule has 8 heteroatoms. The number of fused-ring (bicyclic) bond motifs is 2. The van der Waals surface area contributed by atoms with E-state index < -0.39 is 10.0 Å². The van der Waals surface area contributed by atoms with Crippen molar-refractivity contribution in [2.24, 2.45) is 0 Å². The Morgan fingerprint density at radius 2 is 1.81 bits per heavy atom. The number of hydrogen-bond acceptors (Lipinski definition) is 5. The van der Waals surface area contributed by atoms with Crippen LogP contribution >= 0.6 is 0 Å². The monoisotopic (exact) mass is 445 g/mol. The van der Waals surface area contributed by atoms with Crippen LogP contribution in [0.5, 0.6) is 11.6 Å². The minimum atomic E-state index is -3.83. The summed E-state index contributed by atoms with van der Waals surface area (Å²) in [7, 11) is -2.35. The number of aromatic hydroxyl groups is 1. The number of aromatic nitrogens is 2. The fourth-order valence-electron chi connectivity index (χ4n) is 3.69. The molecule has 0 atom stereocenters. The van der Waals surface area contributed by atoms with Gasteiger partial charge in [-0.2, -0.15) is 0 Å². The Bertz CT molecular complexity index is 1580. The summed E-state index contributed by atoms with van der Waals surface area (Å²) in [5.41, 5.74) is 2.92. The maximum atomic E-state index is 12.9. The topological polar surface area (TPSA) is 104 Å². The summed E-state index contributed by atoms with van der Waals surface area (Å²) in [4.78, 5) is 7.69. The summed E-state index contributed by atoms with van der Waals surface area (Å²) in [6, 6.07) is 22.7. The van der Waals surface area contributed by atoms with Crippen LogP contribution in [-0.2, 0) is 10.0 Å². The number of para-hydroxylation sites is 1. The summed E-state index contributed by atoms with van der Waals surface area (Å²) in [5, 5.41) is 12.2. The molecule has 3 aromatic carbocycles. The quantitative estimate of drug-likeness (QED) is 0.357. The van der Waals surface area contributed by atoms with E-state index in [1.54, 1.807) is 30.3 Å². The van der Waals surface area contributed by atoms with Gasteiger partial charge in [0.25, 0.3) is 10.0 Å². The number of anilines is 1. The predicted octanol–water partition coefficient (Wildman–Crippen LogP) is 4.90. The van der Waals surface area contributed by atoms with E-state index >= 15 is 0 Å². The van der Waals surface area contributed by atoms with E-state index in [2.05, 4.69) is 14.7 Å². The summed E-state index contributed by atoms with van der Waals surface area (Å²) < 4.78 is 33.5. The molecule has 0 bridgehead atoms. The molecule has 160 valence electrons. The molecule has 0 aliphatic rings. The summed E-state index contributed by atoms with van der Waals surface area (Å²) in [6.45, 7) is 0. The lowest BCUT2D eigenvalue weighted by atomic mass is 10.1. The van der Waals surface area contributed by atoms with Crippen LogP contribution < -0.4 is 9.46 Å². The number of H-pyrrole nitrogens is 1. The van der Waals surface area contributed by atoms with E-state index in [0.717, 1.165) is 10.9 Å². The second-order valence-electron chi connectivity index (χ2n) is 7.28. The van der Waals surface area contributed by atoms with E-state index in [1.807, 2.05) is 36.4 Å². The van der Waals surface area contributed by atoms with Crippen LogP contribution in [0, 0.1) is 0 Å². The van der Waals surface area contributed by atoms with E-state index in [4.69, 9.17) is 4.74 Å². The van der Waals surface area contributed by atoms with Crippen molar-refractivity contribution in [3.8, 4) is 22.9 Å². The largest absolute Gasteiger partial charge is 0.497 e. The van der Waals surface area contributed by atoms with Crippen LogP contribution in [0.25, 0.3) is 33.1 Å². The third-order valence-electron chi connectivity index (χ3n) is 5.24. The first-order valence-corrected chi connectivity index (χ1v) is 11.3. The molecule has 5 rings (SSSR count). The molecule has 0 fully saturated rings. The first-order valence-electron chi connectivity index (χ1n) is 9.82. The van der Waals surface area contributed by atoms with Crippen molar-refractivity contribution in [2.75, 3.05) is 11.8 Å². The highest BCUT2D eigenvalue weighted by molar-refractivity contribution is 7.92. The average Bonchev–Trinajstić information content (AvgIpc) is 3.13. The highest BCUT2D eigenvalue weighted by atomic mass is 32.2. The van der Waals surface area contributed by atoms with Crippen molar-refractivity contribution in [3.63, 3.8) is 0 Å². The Morgan fingerprint density at radius 1 is 0.969 bits per heavy atom. The summed E-state index contributed by atoms with van der Waals surface area (Å²) in [6.07, 6.45) is 0. The van der Waals surface area contributed by atoms with Gasteiger partial charge in [-0.1, -0.05) is 30.3 Å². The van der Waals surface area contributed by atoms with Gasteiger partial charge in [0.05, 0.1) is 28.8 Å². The number of benzene rings is 3. The minimum Gasteiger partial charge on any atom is -0.497 e. The van der Waals surface area contributed by atoms with Crippen molar-refractivity contribution in [3.05, 3.63) is 78.9 Å². The zero-order valence-corrected chi connectivity index (χ0v) is 17.8. The maximum Gasteiger partial charge on any atom is 0.262 e. The fourth-order valence-corrected chi connectivity index (χ4v) is 4.77. The molecule has 2 heterocycles. The van der Waals surface area contributed by atoms with Gasteiger partial charge in [-0.15, -0.1) is 0 Å². The van der Waals surface area contributed by atoms with Gasteiger partial charge >= 0.3 is 0 Å². The Morgan fingerprint density at radius 3 is 2.66 bits per heavy atom. The van der Waals surface area contributed by atoms with Crippen LogP contribution in [0.15, 0.2) is 83.8 Å². The van der Waals surface area contributed by atoms with E-state index in [9.17, 15) is 13.5 Å². The SMILES string of the molecule is COc1cccc(S(=O)(=O)Nc2ccc3[nH]c(O)c(-c4ccc5ccccc5n4)c3c2)c1. The van der Waals surface area contributed by atoms with Crippen LogP contribution in [0.3, 0.4) is 0 Å². The maximum absolute atomic E-state index is 12.9. The van der Waals surface area contributed by atoms with Crippen molar-refractivity contribution in [1.82, 2.24) is 9.97 Å². The van der Waals surface area contributed by atoms with Crippen molar-refractivity contribution >= 4 is 37.5 Å². The van der Waals surface area contributed by atoms with E-state index in [1.165, 1.54) is 19.2 Å². The number of pyridine rings is 1. The average molecular weight is 446 g/mol. The molecule has 7 nitrogen and oxygen atoms in total. The van der Waals surface area contributed by atoms with Crippen LogP contribution in [0.1, 0.15) is 0 Å². The molecular formula is C24H19N3O4S. The van der Waals surface area contributed by atoms with Crippen molar-refractivity contribution < 1.29 is 18.3 Å². The lowest BCUT2D eigenvalue weighted by Crippen LogP contribution is -2.12. The van der Waals surface area contributed by atoms with Gasteiger partial charge in [0.1, 0.15) is 5.75 Å². The summed E-state index contributed by atoms with van der Waals surface area (Å²) >= 11 is 0. The van der Waals surface area contributed by atoms with Crippen molar-refractivity contribution in [2.45, 2.75) is 4.90 Å². The molecule has 0 amide bonds. The molecule has 0 radical (unpaired) electrons. The second-order valence-corrected chi connectivity index (χ2v) is 8.97. The van der Waals surface area contributed by atoms with Crippen LogP contribution in [0.2, 0.25) is 0 Å². The van der Waals surface area contributed by atoms with Crippen molar-refractivity contribution in [1.29, 1.82) is 0 Å². The van der Waals surface area contributed by atoms with Gasteiger partial charge in [-0.3, -0.25) is 4.72 Å². The van der Waals surface area contributed by atoms with Gasteiger partial charge in [-0.25, -0.2) is 13.4 Å². The second kappa shape index (κ2) is 7.58. The Kier molecular flexibility index (Phi) is 4.71. The summed E-state index contributed by atoms with van der Waals surface area (Å²) in [5.74, 6) is 0.416. The van der Waals surface area contributed by atoms with Crippen LogP contribution in [0.4, 0.5) is 5.69 Å². The molecule has 0 saturated heterocycles. The molecule has 32 heavy (non-hydrogen) atoms. The first kappa shape index (κ1) is 19.9. The van der Waals surface area contributed by atoms with Gasteiger partial charge < -0.3 is 14.8 Å². The normalized spacial score (nSPS) is 11.7. The van der Waals surface area contributed by atoms with Crippen LogP contribution in [-0.4, -0.2) is 30.6 Å². The third kappa shape index (κ3) is 3.50. The lowest BCUT2D eigenvalue weighted by molar-refractivity contribution is 0.413. The molecule has 0 spiro atoms. The minimum absolute atomic E-state index is 0.0319. The molecule has 2 aromatic heterocycles. The van der Waals surface area contributed by atoms with Gasteiger partial charge in [0.2, 0.25) is 0 Å². The number of rotatable bonds is 5. The smallest absolute Gasteiger partial charge is 0.262 e. The van der Waals surface area contributed by atoms with E-state index in [-0.39, 0.29) is 10.8 Å². The van der Waals surface area contributed by atoms with E-state index in [0.29, 0.717) is 33.6 Å². The molecule has 3 N–H and O–H groups in total. The molecule has 0 unspecified atom stereocenters. The standard InChI is InChI=1S/C24H19N3O4S/c1-31-17-6-4-7-18(14-17)32(29,30)27-16-10-12-21-19(13-16)23(24(28)26-21)22-11-9-15-5-2-3-8-20(15)25-22/h2-14,26-28H,1H3. The zero-order chi connectivity index (χ0) is 22.3. The third-order valence-corrected chi connectivity index (χ3v) is 6.62. The molecule has 0 aliphatic carbocycles. The molecule has 0 saturated carbocycles. The first-order chi connectivity index (χ1) is 15.4. The molecule has 0 aliphatic heterocycles. The number of hydrogen-bond donors (Lipinski definition) is 3. The number of aromatic amines is 1. The number of ether oxygens (including phenoxy) is 1. The van der Waals surface area contributed by atoms with Gasteiger partial charge in [0.15, 0.2) is 5.88 Å². The number of nitrogens with zero attached hydrogens (tertiary/aromatic N) is 1. The Labute approximate surface area is 184 Å². The number of nitrogens with one attached hydrogen (secondary N) is 2. The number of sulfonamides is 1. The van der Waals surface area contributed by atoms with Gasteiger partial charge in [-0.05, 0) is 42.5 Å². The number of methoxy groups -OCH3 is 1. The molecule has 5 aromatic rings.